The minimum Gasteiger partial charge on any atom is -0.356 e. The van der Waals surface area contributed by atoms with E-state index >= 15 is 0 Å². The highest BCUT2D eigenvalue weighted by Crippen LogP contribution is 2.48. The Balaban J connectivity index is 0.00000289. The Morgan fingerprint density at radius 2 is 1.72 bits per heavy atom. The van der Waals surface area contributed by atoms with E-state index < -0.39 is 10.0 Å². The molecule has 2 aliphatic rings. The summed E-state index contributed by atoms with van der Waals surface area (Å²) in [7, 11) is -1.69. The van der Waals surface area contributed by atoms with Crippen LogP contribution in [0, 0.1) is 5.82 Å². The van der Waals surface area contributed by atoms with Gasteiger partial charge in [0.15, 0.2) is 5.96 Å². The van der Waals surface area contributed by atoms with Gasteiger partial charge in [0, 0.05) is 38.6 Å². The maximum atomic E-state index is 14.2. The molecule has 1 saturated carbocycles. The Hall–Kier alpha value is -1.72. The molecule has 2 aromatic carbocycles. The van der Waals surface area contributed by atoms with Gasteiger partial charge >= 0.3 is 0 Å². The lowest BCUT2D eigenvalue weighted by Gasteiger charge is -2.19. The number of hydrogen-bond donors (Lipinski definition) is 2. The molecule has 1 saturated heterocycles. The number of nitrogens with one attached hydrogen (secondary N) is 2. The van der Waals surface area contributed by atoms with Crippen LogP contribution in [-0.2, 0) is 22.0 Å². The molecule has 0 atom stereocenters. The molecule has 0 spiro atoms. The van der Waals surface area contributed by atoms with E-state index in [-0.39, 0.29) is 35.2 Å². The molecule has 0 bridgehead atoms. The second-order valence-electron chi connectivity index (χ2n) is 8.29. The van der Waals surface area contributed by atoms with Crippen molar-refractivity contribution in [3.63, 3.8) is 0 Å². The number of sulfonamides is 1. The normalized spacial score (nSPS) is 18.1. The van der Waals surface area contributed by atoms with Crippen LogP contribution in [0.1, 0.15) is 36.8 Å². The highest BCUT2D eigenvalue weighted by Gasteiger charge is 2.45. The van der Waals surface area contributed by atoms with Crippen LogP contribution in [0.3, 0.4) is 0 Å². The lowest BCUT2D eigenvalue weighted by atomic mass is 9.95. The number of nitrogens with zero attached hydrogens (tertiary/aromatic N) is 2. The van der Waals surface area contributed by atoms with Crippen LogP contribution in [0.2, 0.25) is 0 Å². The van der Waals surface area contributed by atoms with Crippen molar-refractivity contribution in [3.05, 3.63) is 65.5 Å². The molecule has 1 aliphatic heterocycles. The molecular formula is C23H30FIN4O2S. The van der Waals surface area contributed by atoms with Crippen LogP contribution in [0.15, 0.2) is 58.4 Å². The van der Waals surface area contributed by atoms with E-state index in [0.717, 1.165) is 36.8 Å². The maximum Gasteiger partial charge on any atom is 0.243 e. The molecule has 1 heterocycles. The van der Waals surface area contributed by atoms with Crippen molar-refractivity contribution in [3.8, 4) is 0 Å². The fourth-order valence-corrected chi connectivity index (χ4v) is 5.62. The van der Waals surface area contributed by atoms with Gasteiger partial charge in [-0.1, -0.05) is 30.3 Å². The molecule has 174 valence electrons. The molecule has 2 N–H and O–H groups in total. The van der Waals surface area contributed by atoms with E-state index in [1.54, 1.807) is 29.6 Å². The van der Waals surface area contributed by atoms with Gasteiger partial charge in [0.25, 0.3) is 0 Å². The average molecular weight is 572 g/mol. The van der Waals surface area contributed by atoms with Crippen molar-refractivity contribution in [1.82, 2.24) is 14.9 Å². The molecule has 0 radical (unpaired) electrons. The number of guanidine groups is 1. The molecule has 0 amide bonds. The number of aliphatic imine (C=N–C) groups is 1. The van der Waals surface area contributed by atoms with E-state index in [2.05, 4.69) is 15.6 Å². The topological polar surface area (TPSA) is 73.8 Å². The lowest BCUT2D eigenvalue weighted by molar-refractivity contribution is 0.477. The molecule has 32 heavy (non-hydrogen) atoms. The van der Waals surface area contributed by atoms with E-state index in [0.29, 0.717) is 37.0 Å². The second-order valence-corrected chi connectivity index (χ2v) is 10.2. The van der Waals surface area contributed by atoms with Gasteiger partial charge in [-0.3, -0.25) is 4.99 Å². The van der Waals surface area contributed by atoms with Gasteiger partial charge in [-0.15, -0.1) is 24.0 Å². The van der Waals surface area contributed by atoms with Gasteiger partial charge in [0.2, 0.25) is 10.0 Å². The molecule has 1 aliphatic carbocycles. The monoisotopic (exact) mass is 572 g/mol. The Morgan fingerprint density at radius 1 is 1.06 bits per heavy atom. The Bertz CT molecular complexity index is 1050. The number of halogens is 2. The summed E-state index contributed by atoms with van der Waals surface area (Å²) in [4.78, 5) is 4.59. The van der Waals surface area contributed by atoms with Crippen LogP contribution in [-0.4, -0.2) is 45.4 Å². The zero-order valence-corrected chi connectivity index (χ0v) is 21.3. The largest absolute Gasteiger partial charge is 0.356 e. The molecule has 2 fully saturated rings. The predicted molar refractivity (Wildman–Crippen MR) is 135 cm³/mol. The summed E-state index contributed by atoms with van der Waals surface area (Å²) in [5, 5.41) is 6.56. The van der Waals surface area contributed by atoms with Crippen molar-refractivity contribution in [2.75, 3.05) is 26.7 Å². The fourth-order valence-electron chi connectivity index (χ4n) is 4.10. The summed E-state index contributed by atoms with van der Waals surface area (Å²) < 4.78 is 41.0. The zero-order valence-electron chi connectivity index (χ0n) is 18.2. The van der Waals surface area contributed by atoms with Crippen LogP contribution in [0.5, 0.6) is 0 Å². The van der Waals surface area contributed by atoms with Gasteiger partial charge in [0.05, 0.1) is 4.90 Å². The van der Waals surface area contributed by atoms with Crippen molar-refractivity contribution in [1.29, 1.82) is 0 Å². The quantitative estimate of drug-likeness (QED) is 0.302. The standard InChI is InChI=1S/C23H29FN4O2S.HI/c1-25-22(27-17-23(12-13-23)20-6-2-3-7-21(20)24)26-16-18-8-10-19(11-9-18)31(29,30)28-14-4-5-15-28;/h2-3,6-11H,4-5,12-17H2,1H3,(H2,25,26,27);1H. The minimum absolute atomic E-state index is 0. The van der Waals surface area contributed by atoms with Gasteiger partial charge < -0.3 is 10.6 Å². The van der Waals surface area contributed by atoms with Crippen molar-refractivity contribution >= 4 is 40.0 Å². The molecule has 9 heteroatoms. The summed E-state index contributed by atoms with van der Waals surface area (Å²) in [6.45, 7) is 2.32. The second kappa shape index (κ2) is 10.5. The summed E-state index contributed by atoms with van der Waals surface area (Å²) in [5.74, 6) is 0.477. The third-order valence-electron chi connectivity index (χ3n) is 6.20. The van der Waals surface area contributed by atoms with Crippen LogP contribution in [0.25, 0.3) is 0 Å². The third-order valence-corrected chi connectivity index (χ3v) is 8.12. The van der Waals surface area contributed by atoms with Crippen molar-refractivity contribution < 1.29 is 12.8 Å². The molecule has 4 rings (SSSR count). The van der Waals surface area contributed by atoms with E-state index in [1.807, 2.05) is 24.3 Å². The first-order valence-corrected chi connectivity index (χ1v) is 12.2. The van der Waals surface area contributed by atoms with E-state index in [1.165, 1.54) is 6.07 Å². The summed E-state index contributed by atoms with van der Waals surface area (Å²) in [6, 6.07) is 13.9. The van der Waals surface area contributed by atoms with Crippen molar-refractivity contribution in [2.24, 2.45) is 4.99 Å². The Kier molecular flexibility index (Phi) is 8.16. The van der Waals surface area contributed by atoms with Crippen molar-refractivity contribution in [2.45, 2.75) is 42.5 Å². The first-order chi connectivity index (χ1) is 14.9. The van der Waals surface area contributed by atoms with Crippen LogP contribution in [0.4, 0.5) is 4.39 Å². The summed E-state index contributed by atoms with van der Waals surface area (Å²) in [5.41, 5.74) is 1.54. The van der Waals surface area contributed by atoms with E-state index in [4.69, 9.17) is 0 Å². The van der Waals surface area contributed by atoms with Crippen LogP contribution >= 0.6 is 24.0 Å². The molecular weight excluding hydrogens is 542 g/mol. The smallest absolute Gasteiger partial charge is 0.243 e. The zero-order chi connectivity index (χ0) is 21.9. The third kappa shape index (κ3) is 5.43. The molecule has 6 nitrogen and oxygen atoms in total. The average Bonchev–Trinajstić information content (AvgIpc) is 3.34. The van der Waals surface area contributed by atoms with Gasteiger partial charge in [-0.2, -0.15) is 4.31 Å². The number of benzene rings is 2. The highest BCUT2D eigenvalue weighted by atomic mass is 127. The molecule has 2 aromatic rings. The maximum absolute atomic E-state index is 14.2. The van der Waals surface area contributed by atoms with Gasteiger partial charge in [0.1, 0.15) is 5.82 Å². The fraction of sp³-hybridized carbons (Fsp3) is 0.435. The SMILES string of the molecule is CN=C(NCc1ccc(S(=O)(=O)N2CCCC2)cc1)NCC1(c2ccccc2F)CC1.I. The first-order valence-electron chi connectivity index (χ1n) is 10.7. The van der Waals surface area contributed by atoms with Gasteiger partial charge in [-0.25, -0.2) is 12.8 Å². The van der Waals surface area contributed by atoms with E-state index in [9.17, 15) is 12.8 Å². The number of hydrogen-bond acceptors (Lipinski definition) is 3. The summed E-state index contributed by atoms with van der Waals surface area (Å²) in [6.07, 6.45) is 3.74. The predicted octanol–water partition coefficient (Wildman–Crippen LogP) is 3.63. The molecule has 0 aromatic heterocycles. The Morgan fingerprint density at radius 3 is 2.31 bits per heavy atom. The minimum atomic E-state index is -3.39. The Labute approximate surface area is 206 Å². The van der Waals surface area contributed by atoms with Crippen LogP contribution < -0.4 is 10.6 Å². The summed E-state index contributed by atoms with van der Waals surface area (Å²) >= 11 is 0. The lowest BCUT2D eigenvalue weighted by Crippen LogP contribution is -2.41. The number of rotatable bonds is 7. The molecule has 0 unspecified atom stereocenters. The highest BCUT2D eigenvalue weighted by molar-refractivity contribution is 14.0. The van der Waals surface area contributed by atoms with Gasteiger partial charge in [-0.05, 0) is 55.0 Å². The first kappa shape index (κ1) is 24.9.